The number of halogens is 1. The standard InChI is InChI=1S/C13H14ClN3O4S/c1-8(18)16-12-3-2-10(6-11(12)14)22(20,21)17-5-4-9(7-17)13(15)19/h2-4,6H,5,7H2,1H3,(H2,15,19)(H,16,18). The van der Waals surface area contributed by atoms with Crippen molar-refractivity contribution in [2.45, 2.75) is 11.8 Å². The Labute approximate surface area is 132 Å². The van der Waals surface area contributed by atoms with Crippen LogP contribution in [0.15, 0.2) is 34.7 Å². The van der Waals surface area contributed by atoms with E-state index in [2.05, 4.69) is 5.32 Å². The molecule has 9 heteroatoms. The molecule has 0 saturated carbocycles. The van der Waals surface area contributed by atoms with E-state index >= 15 is 0 Å². The molecule has 0 aromatic heterocycles. The van der Waals surface area contributed by atoms with Gasteiger partial charge in [0, 0.05) is 25.6 Å². The van der Waals surface area contributed by atoms with Gasteiger partial charge in [0.1, 0.15) is 0 Å². The van der Waals surface area contributed by atoms with Gasteiger partial charge in [-0.2, -0.15) is 4.31 Å². The number of sulfonamides is 1. The van der Waals surface area contributed by atoms with Crippen LogP contribution in [0.1, 0.15) is 6.92 Å². The zero-order chi connectivity index (χ0) is 16.5. The summed E-state index contributed by atoms with van der Waals surface area (Å²) >= 11 is 5.98. The highest BCUT2D eigenvalue weighted by Crippen LogP contribution is 2.28. The van der Waals surface area contributed by atoms with E-state index < -0.39 is 15.9 Å². The molecule has 0 radical (unpaired) electrons. The summed E-state index contributed by atoms with van der Waals surface area (Å²) in [6.07, 6.45) is 1.48. The molecule has 0 unspecified atom stereocenters. The van der Waals surface area contributed by atoms with Crippen LogP contribution >= 0.6 is 11.6 Å². The number of nitrogens with zero attached hydrogens (tertiary/aromatic N) is 1. The minimum atomic E-state index is -3.80. The van der Waals surface area contributed by atoms with Crippen LogP contribution in [0.4, 0.5) is 5.69 Å². The molecule has 1 aromatic carbocycles. The van der Waals surface area contributed by atoms with Crippen molar-refractivity contribution in [3.63, 3.8) is 0 Å². The number of benzene rings is 1. The number of primary amides is 1. The second-order valence-electron chi connectivity index (χ2n) is 4.71. The molecule has 0 atom stereocenters. The van der Waals surface area contributed by atoms with Crippen LogP contribution in [-0.4, -0.2) is 37.6 Å². The van der Waals surface area contributed by atoms with E-state index in [-0.39, 0.29) is 34.5 Å². The Morgan fingerprint density at radius 2 is 2.05 bits per heavy atom. The number of nitrogens with one attached hydrogen (secondary N) is 1. The summed E-state index contributed by atoms with van der Waals surface area (Å²) in [4.78, 5) is 22.1. The van der Waals surface area contributed by atoms with Gasteiger partial charge in [0.25, 0.3) is 0 Å². The largest absolute Gasteiger partial charge is 0.366 e. The molecule has 2 rings (SSSR count). The topological polar surface area (TPSA) is 110 Å². The van der Waals surface area contributed by atoms with Crippen molar-refractivity contribution in [3.8, 4) is 0 Å². The Balaban J connectivity index is 2.26. The Kier molecular flexibility index (Phi) is 4.55. The van der Waals surface area contributed by atoms with Gasteiger partial charge in [-0.25, -0.2) is 8.42 Å². The van der Waals surface area contributed by atoms with Gasteiger partial charge >= 0.3 is 0 Å². The molecular weight excluding hydrogens is 330 g/mol. The molecular formula is C13H14ClN3O4S. The van der Waals surface area contributed by atoms with Crippen molar-refractivity contribution < 1.29 is 18.0 Å². The first kappa shape index (κ1) is 16.5. The summed E-state index contributed by atoms with van der Waals surface area (Å²) in [6, 6.07) is 4.01. The first-order valence-electron chi connectivity index (χ1n) is 6.28. The maximum atomic E-state index is 12.5. The molecule has 2 amide bonds. The van der Waals surface area contributed by atoms with Crippen LogP contribution in [0.5, 0.6) is 0 Å². The number of hydrogen-bond acceptors (Lipinski definition) is 4. The first-order chi connectivity index (χ1) is 10.2. The minimum Gasteiger partial charge on any atom is -0.366 e. The molecule has 118 valence electrons. The predicted octanol–water partition coefficient (Wildman–Crippen LogP) is 0.714. The number of carbonyl (C=O) groups excluding carboxylic acids is 2. The summed E-state index contributed by atoms with van der Waals surface area (Å²) in [5.74, 6) is -0.955. The van der Waals surface area contributed by atoms with Gasteiger partial charge in [0.15, 0.2) is 0 Å². The zero-order valence-electron chi connectivity index (χ0n) is 11.7. The maximum absolute atomic E-state index is 12.5. The Morgan fingerprint density at radius 3 is 2.55 bits per heavy atom. The van der Waals surface area contributed by atoms with E-state index in [9.17, 15) is 18.0 Å². The van der Waals surface area contributed by atoms with Crippen molar-refractivity contribution in [3.05, 3.63) is 34.9 Å². The third kappa shape index (κ3) is 3.29. The molecule has 0 spiro atoms. The van der Waals surface area contributed by atoms with Crippen LogP contribution in [0.3, 0.4) is 0 Å². The van der Waals surface area contributed by atoms with Gasteiger partial charge < -0.3 is 11.1 Å². The number of carbonyl (C=O) groups is 2. The number of hydrogen-bond donors (Lipinski definition) is 2. The lowest BCUT2D eigenvalue weighted by molar-refractivity contribution is -0.115. The van der Waals surface area contributed by atoms with Crippen LogP contribution in [0, 0.1) is 0 Å². The lowest BCUT2D eigenvalue weighted by Gasteiger charge is -2.17. The lowest BCUT2D eigenvalue weighted by atomic mass is 10.3. The average Bonchev–Trinajstić information content (AvgIpc) is 2.91. The smallest absolute Gasteiger partial charge is 0.245 e. The van der Waals surface area contributed by atoms with Gasteiger partial charge in [-0.3, -0.25) is 9.59 Å². The SMILES string of the molecule is CC(=O)Nc1ccc(S(=O)(=O)N2CC=C(C(N)=O)C2)cc1Cl. The highest BCUT2D eigenvalue weighted by atomic mass is 35.5. The Bertz CT molecular complexity index is 773. The van der Waals surface area contributed by atoms with E-state index in [0.717, 1.165) is 4.31 Å². The number of anilines is 1. The van der Waals surface area contributed by atoms with Gasteiger partial charge in [0.05, 0.1) is 15.6 Å². The lowest BCUT2D eigenvalue weighted by Crippen LogP contribution is -2.30. The van der Waals surface area contributed by atoms with E-state index in [1.54, 1.807) is 0 Å². The van der Waals surface area contributed by atoms with Gasteiger partial charge in [0.2, 0.25) is 21.8 Å². The Hall–Kier alpha value is -1.90. The monoisotopic (exact) mass is 343 g/mol. The van der Waals surface area contributed by atoms with Crippen molar-refractivity contribution in [1.29, 1.82) is 0 Å². The van der Waals surface area contributed by atoms with Crippen LogP contribution in [-0.2, 0) is 19.6 Å². The zero-order valence-corrected chi connectivity index (χ0v) is 13.2. The summed E-state index contributed by atoms with van der Waals surface area (Å²) in [5.41, 5.74) is 5.72. The van der Waals surface area contributed by atoms with Crippen molar-refractivity contribution in [1.82, 2.24) is 4.31 Å². The van der Waals surface area contributed by atoms with Crippen LogP contribution in [0.25, 0.3) is 0 Å². The number of amides is 2. The van der Waals surface area contributed by atoms with E-state index in [1.165, 1.54) is 31.2 Å². The van der Waals surface area contributed by atoms with Crippen molar-refractivity contribution in [2.24, 2.45) is 5.73 Å². The van der Waals surface area contributed by atoms with E-state index in [4.69, 9.17) is 17.3 Å². The van der Waals surface area contributed by atoms with Crippen molar-refractivity contribution in [2.75, 3.05) is 18.4 Å². The van der Waals surface area contributed by atoms with Gasteiger partial charge in [-0.1, -0.05) is 17.7 Å². The van der Waals surface area contributed by atoms with E-state index in [0.29, 0.717) is 5.69 Å². The molecule has 22 heavy (non-hydrogen) atoms. The molecule has 3 N–H and O–H groups in total. The summed E-state index contributed by atoms with van der Waals surface area (Å²) < 4.78 is 26.1. The fraction of sp³-hybridized carbons (Fsp3) is 0.231. The third-order valence-electron chi connectivity index (χ3n) is 3.09. The minimum absolute atomic E-state index is 0.0225. The first-order valence-corrected chi connectivity index (χ1v) is 8.09. The molecule has 0 aliphatic carbocycles. The van der Waals surface area contributed by atoms with Crippen LogP contribution < -0.4 is 11.1 Å². The molecule has 1 aliphatic heterocycles. The quantitative estimate of drug-likeness (QED) is 0.839. The number of rotatable bonds is 4. The molecule has 0 saturated heterocycles. The highest BCUT2D eigenvalue weighted by molar-refractivity contribution is 7.89. The molecule has 7 nitrogen and oxygen atoms in total. The van der Waals surface area contributed by atoms with E-state index in [1.807, 2.05) is 0 Å². The second-order valence-corrected chi connectivity index (χ2v) is 7.06. The van der Waals surface area contributed by atoms with Gasteiger partial charge in [-0.05, 0) is 18.2 Å². The Morgan fingerprint density at radius 1 is 1.36 bits per heavy atom. The third-order valence-corrected chi connectivity index (χ3v) is 5.21. The summed E-state index contributed by atoms with van der Waals surface area (Å²) in [5, 5.41) is 2.60. The molecule has 1 heterocycles. The van der Waals surface area contributed by atoms with Crippen molar-refractivity contribution >= 4 is 39.1 Å². The average molecular weight is 344 g/mol. The van der Waals surface area contributed by atoms with Gasteiger partial charge in [-0.15, -0.1) is 0 Å². The second kappa shape index (κ2) is 6.07. The number of nitrogens with two attached hydrogens (primary N) is 1. The molecule has 0 bridgehead atoms. The molecule has 0 fully saturated rings. The fourth-order valence-electron chi connectivity index (χ4n) is 1.99. The predicted molar refractivity (Wildman–Crippen MR) is 81.8 cm³/mol. The summed E-state index contributed by atoms with van der Waals surface area (Å²) in [6.45, 7) is 1.33. The molecule has 1 aliphatic rings. The maximum Gasteiger partial charge on any atom is 0.245 e. The molecule has 1 aromatic rings. The summed E-state index contributed by atoms with van der Waals surface area (Å²) in [7, 11) is -3.80. The normalized spacial score (nSPS) is 15.5. The highest BCUT2D eigenvalue weighted by Gasteiger charge is 2.30. The fourth-order valence-corrected chi connectivity index (χ4v) is 3.67. The van der Waals surface area contributed by atoms with Crippen LogP contribution in [0.2, 0.25) is 5.02 Å².